The molecule has 0 saturated heterocycles. The van der Waals surface area contributed by atoms with E-state index in [9.17, 15) is 22.0 Å². The van der Waals surface area contributed by atoms with E-state index in [4.69, 9.17) is 0 Å². The topological polar surface area (TPSA) is 13.1 Å². The van der Waals surface area contributed by atoms with Gasteiger partial charge in [-0.25, -0.2) is 22.0 Å². The van der Waals surface area contributed by atoms with Gasteiger partial charge in [0.1, 0.15) is 0 Å². The van der Waals surface area contributed by atoms with Crippen molar-refractivity contribution in [1.82, 2.24) is 0 Å². The molecule has 2 aromatic rings. The van der Waals surface area contributed by atoms with Crippen molar-refractivity contribution in [2.45, 2.75) is 0 Å². The van der Waals surface area contributed by atoms with Crippen LogP contribution in [0.5, 0.6) is 0 Å². The lowest BCUT2D eigenvalue weighted by Gasteiger charge is -2.05. The van der Waals surface area contributed by atoms with Crippen LogP contribution < -0.4 is 0 Å². The second kappa shape index (κ2) is 3.62. The summed E-state index contributed by atoms with van der Waals surface area (Å²) in [6, 6.07) is 0.971. The summed E-state index contributed by atoms with van der Waals surface area (Å²) in [7, 11) is 0. The largest absolute Gasteiger partial charge is 0.460 e. The quantitative estimate of drug-likeness (QED) is 0.417. The van der Waals surface area contributed by atoms with E-state index in [0.717, 1.165) is 12.3 Å². The monoisotopic (exact) mass is 233 g/mol. The Morgan fingerprint density at radius 2 is 1.31 bits per heavy atom. The molecule has 0 saturated carbocycles. The van der Waals surface area contributed by atoms with Crippen LogP contribution in [0.3, 0.4) is 0 Å². The van der Waals surface area contributed by atoms with E-state index >= 15 is 0 Å². The van der Waals surface area contributed by atoms with Crippen molar-refractivity contribution in [2.24, 2.45) is 0 Å². The Hall–Kier alpha value is -1.85. The minimum atomic E-state index is -2.19. The minimum Gasteiger partial charge on any atom is -0.460 e. The Labute approximate surface area is 86.1 Å². The van der Waals surface area contributed by atoms with E-state index in [1.165, 1.54) is 0 Å². The van der Waals surface area contributed by atoms with E-state index in [0.29, 0.717) is 0 Å². The smallest absolute Gasteiger partial charge is 0.200 e. The lowest BCUT2D eigenvalue weighted by atomic mass is 10.1. The summed E-state index contributed by atoms with van der Waals surface area (Å²) in [4.78, 5) is 0. The average molecular weight is 233 g/mol. The van der Waals surface area contributed by atoms with E-state index in [2.05, 4.69) is 10.7 Å². The summed E-state index contributed by atoms with van der Waals surface area (Å²) in [5.41, 5.74) is -1.30. The Kier molecular flexibility index (Phi) is 2.41. The highest BCUT2D eigenvalue weighted by atomic mass is 19.2. The van der Waals surface area contributed by atoms with Crippen LogP contribution in [0.25, 0.3) is 11.1 Å². The molecular weight excluding hydrogens is 231 g/mol. The summed E-state index contributed by atoms with van der Waals surface area (Å²) < 4.78 is 69.0. The van der Waals surface area contributed by atoms with Crippen molar-refractivity contribution in [3.63, 3.8) is 0 Å². The van der Waals surface area contributed by atoms with Crippen molar-refractivity contribution in [2.75, 3.05) is 0 Å². The molecule has 0 fully saturated rings. The maximum Gasteiger partial charge on any atom is 0.200 e. The van der Waals surface area contributed by atoms with Gasteiger partial charge in [-0.15, -0.1) is 0 Å². The van der Waals surface area contributed by atoms with Gasteiger partial charge >= 0.3 is 0 Å². The van der Waals surface area contributed by atoms with Gasteiger partial charge in [0.25, 0.3) is 0 Å². The molecule has 0 unspecified atom stereocenters. The lowest BCUT2D eigenvalue weighted by molar-refractivity contribution is 0.381. The molecule has 0 aliphatic carbocycles. The molecule has 0 bridgehead atoms. The number of furan rings is 1. The summed E-state index contributed by atoms with van der Waals surface area (Å²) in [6.07, 6.45) is 2.92. The molecule has 0 atom stereocenters. The van der Waals surface area contributed by atoms with Crippen molar-refractivity contribution in [3.8, 4) is 11.1 Å². The van der Waals surface area contributed by atoms with Gasteiger partial charge in [-0.1, -0.05) is 0 Å². The Bertz CT molecular complexity index is 504. The van der Waals surface area contributed by atoms with E-state index in [1.807, 2.05) is 0 Å². The molecule has 1 aromatic heterocycles. The first-order chi connectivity index (χ1) is 7.54. The normalized spacial score (nSPS) is 10.8. The van der Waals surface area contributed by atoms with Gasteiger partial charge in [0.05, 0.1) is 11.8 Å². The molecule has 6 heteroatoms. The Morgan fingerprint density at radius 3 is 1.75 bits per heavy atom. The maximum absolute atomic E-state index is 13.2. The fourth-order valence-corrected chi connectivity index (χ4v) is 1.22. The zero-order valence-electron chi connectivity index (χ0n) is 7.45. The third-order valence-corrected chi connectivity index (χ3v) is 1.97. The molecule has 1 nitrogen and oxygen atoms in total. The molecule has 83 valence electrons. The van der Waals surface area contributed by atoms with Crippen LogP contribution in [0.15, 0.2) is 16.7 Å². The van der Waals surface area contributed by atoms with Crippen LogP contribution in [0.2, 0.25) is 0 Å². The number of benzene rings is 1. The van der Waals surface area contributed by atoms with E-state index in [1.54, 1.807) is 0 Å². The van der Waals surface area contributed by atoms with Crippen molar-refractivity contribution >= 4 is 0 Å². The van der Waals surface area contributed by atoms with Gasteiger partial charge in [0.15, 0.2) is 29.5 Å². The van der Waals surface area contributed by atoms with Crippen molar-refractivity contribution < 1.29 is 26.4 Å². The highest BCUT2D eigenvalue weighted by molar-refractivity contribution is 5.63. The number of hydrogen-bond acceptors (Lipinski definition) is 1. The second-order valence-corrected chi connectivity index (χ2v) is 2.90. The molecular formula is C10H2F5O. The SMILES string of the molecule is Fc1c(F)c(F)c(-c2c[c]oc2)c(F)c1F. The van der Waals surface area contributed by atoms with Crippen molar-refractivity contribution in [3.05, 3.63) is 47.7 Å². The number of halogens is 5. The first-order valence-corrected chi connectivity index (χ1v) is 4.00. The zero-order chi connectivity index (χ0) is 11.9. The lowest BCUT2D eigenvalue weighted by Crippen LogP contribution is -2.03. The molecule has 1 radical (unpaired) electrons. The number of rotatable bonds is 1. The van der Waals surface area contributed by atoms with Gasteiger partial charge in [0, 0.05) is 5.56 Å². The fourth-order valence-electron chi connectivity index (χ4n) is 1.22. The van der Waals surface area contributed by atoms with E-state index in [-0.39, 0.29) is 5.56 Å². The second-order valence-electron chi connectivity index (χ2n) is 2.90. The van der Waals surface area contributed by atoms with Crippen LogP contribution in [-0.2, 0) is 0 Å². The number of hydrogen-bond donors (Lipinski definition) is 0. The van der Waals surface area contributed by atoms with Crippen LogP contribution in [0.1, 0.15) is 0 Å². The third-order valence-electron chi connectivity index (χ3n) is 1.97. The van der Waals surface area contributed by atoms with Crippen LogP contribution in [-0.4, -0.2) is 0 Å². The summed E-state index contributed by atoms with van der Waals surface area (Å²) in [5, 5.41) is 0. The predicted octanol–water partition coefficient (Wildman–Crippen LogP) is 3.44. The molecule has 0 aliphatic rings. The fraction of sp³-hybridized carbons (Fsp3) is 0. The standard InChI is InChI=1S/C10H2F5O/c11-6-5(4-1-2-16-3-4)7(12)9(14)10(15)8(6)13/h1,3H. The van der Waals surface area contributed by atoms with Crippen LogP contribution in [0.4, 0.5) is 22.0 Å². The zero-order valence-corrected chi connectivity index (χ0v) is 7.45. The Balaban J connectivity index is 2.81. The summed E-state index contributed by atoms with van der Waals surface area (Å²) in [6.45, 7) is 0. The first-order valence-electron chi connectivity index (χ1n) is 4.00. The van der Waals surface area contributed by atoms with E-state index < -0.39 is 34.6 Å². The van der Waals surface area contributed by atoms with Gasteiger partial charge in [0.2, 0.25) is 5.82 Å². The van der Waals surface area contributed by atoms with Crippen LogP contribution >= 0.6 is 0 Å². The van der Waals surface area contributed by atoms with Gasteiger partial charge in [-0.3, -0.25) is 0 Å². The molecule has 0 amide bonds. The molecule has 2 rings (SSSR count). The first kappa shape index (κ1) is 10.7. The molecule has 1 heterocycles. The molecule has 0 N–H and O–H groups in total. The van der Waals surface area contributed by atoms with Gasteiger partial charge < -0.3 is 4.42 Å². The molecule has 1 aromatic carbocycles. The molecule has 0 spiro atoms. The van der Waals surface area contributed by atoms with Gasteiger partial charge in [-0.2, -0.15) is 0 Å². The summed E-state index contributed by atoms with van der Waals surface area (Å²) in [5.74, 6) is -9.96. The minimum absolute atomic E-state index is 0.271. The van der Waals surface area contributed by atoms with Crippen molar-refractivity contribution in [1.29, 1.82) is 0 Å². The third kappa shape index (κ3) is 1.37. The maximum atomic E-state index is 13.2. The molecule has 16 heavy (non-hydrogen) atoms. The summed E-state index contributed by atoms with van der Waals surface area (Å²) >= 11 is 0. The highest BCUT2D eigenvalue weighted by Crippen LogP contribution is 2.31. The average Bonchev–Trinajstić information content (AvgIpc) is 2.77. The van der Waals surface area contributed by atoms with Crippen LogP contribution in [0, 0.1) is 35.3 Å². The predicted molar refractivity (Wildman–Crippen MR) is 42.8 cm³/mol. The Morgan fingerprint density at radius 1 is 0.812 bits per heavy atom. The highest BCUT2D eigenvalue weighted by Gasteiger charge is 2.26. The van der Waals surface area contributed by atoms with Gasteiger partial charge in [-0.05, 0) is 6.07 Å². The molecule has 0 aliphatic heterocycles.